The van der Waals surface area contributed by atoms with E-state index in [1.807, 2.05) is 18.2 Å². The van der Waals surface area contributed by atoms with Crippen LogP contribution in [-0.4, -0.2) is 25.4 Å². The standard InChI is InChI=1S/C31H21ClN6O4S2/c1-18-26(28(39)36-22-6-3-2-4-7-22)27(20-9-11-21(32)12-10-20)37-29(40)25(44-31(37)35-18)17-19-8-13-24(23(16-19)38(41)42)43-30-33-14-5-15-34-30/h2-17,27H,1H3,(H,36,39)/b25-17+/t27-/m1/s1. The Morgan fingerprint density at radius 2 is 1.80 bits per heavy atom. The topological polar surface area (TPSA) is 132 Å². The van der Waals surface area contributed by atoms with Crippen LogP contribution in [-0.2, 0) is 4.79 Å². The van der Waals surface area contributed by atoms with Gasteiger partial charge in [-0.1, -0.05) is 59.3 Å². The van der Waals surface area contributed by atoms with Gasteiger partial charge in [0.05, 0.1) is 31.7 Å². The maximum absolute atomic E-state index is 14.0. The van der Waals surface area contributed by atoms with E-state index >= 15 is 0 Å². The minimum Gasteiger partial charge on any atom is -0.322 e. The molecule has 10 nitrogen and oxygen atoms in total. The Hall–Kier alpha value is -4.91. The van der Waals surface area contributed by atoms with Crippen molar-refractivity contribution in [2.24, 2.45) is 4.99 Å². The number of thiazole rings is 1. The maximum Gasteiger partial charge on any atom is 0.283 e. The van der Waals surface area contributed by atoms with Crippen LogP contribution < -0.4 is 20.2 Å². The van der Waals surface area contributed by atoms with Crippen molar-refractivity contribution in [1.29, 1.82) is 0 Å². The largest absolute Gasteiger partial charge is 0.322 e. The van der Waals surface area contributed by atoms with Gasteiger partial charge in [-0.3, -0.25) is 24.3 Å². The van der Waals surface area contributed by atoms with Gasteiger partial charge in [0.15, 0.2) is 9.96 Å². The van der Waals surface area contributed by atoms with Crippen LogP contribution in [0.4, 0.5) is 11.4 Å². The van der Waals surface area contributed by atoms with Gasteiger partial charge in [-0.25, -0.2) is 15.0 Å². The highest BCUT2D eigenvalue weighted by molar-refractivity contribution is 7.99. The summed E-state index contributed by atoms with van der Waals surface area (Å²) >= 11 is 8.38. The minimum atomic E-state index is -0.784. The van der Waals surface area contributed by atoms with Gasteiger partial charge in [0, 0.05) is 29.2 Å². The van der Waals surface area contributed by atoms with Crippen molar-refractivity contribution in [1.82, 2.24) is 14.5 Å². The van der Waals surface area contributed by atoms with Crippen LogP contribution in [0.3, 0.4) is 0 Å². The van der Waals surface area contributed by atoms with Crippen molar-refractivity contribution >= 4 is 58.1 Å². The van der Waals surface area contributed by atoms with Crippen molar-refractivity contribution in [3.8, 4) is 0 Å². The fraction of sp³-hybridized carbons (Fsp3) is 0.0645. The molecule has 1 aliphatic heterocycles. The fourth-order valence-electron chi connectivity index (χ4n) is 4.73. The van der Waals surface area contributed by atoms with E-state index in [0.29, 0.717) is 52.5 Å². The number of hydrogen-bond donors (Lipinski definition) is 1. The predicted molar refractivity (Wildman–Crippen MR) is 170 cm³/mol. The molecule has 5 aromatic rings. The number of aromatic nitrogens is 3. The van der Waals surface area contributed by atoms with Gasteiger partial charge in [-0.15, -0.1) is 0 Å². The van der Waals surface area contributed by atoms with E-state index in [4.69, 9.17) is 11.6 Å². The normalized spacial score (nSPS) is 14.6. The van der Waals surface area contributed by atoms with Gasteiger partial charge < -0.3 is 5.32 Å². The van der Waals surface area contributed by atoms with Crippen LogP contribution in [0.5, 0.6) is 0 Å². The molecule has 1 atom stereocenters. The molecule has 0 aliphatic carbocycles. The summed E-state index contributed by atoms with van der Waals surface area (Å²) < 4.78 is 1.79. The van der Waals surface area contributed by atoms with E-state index in [1.165, 1.54) is 10.6 Å². The summed E-state index contributed by atoms with van der Waals surface area (Å²) in [5.74, 6) is -0.391. The Labute approximate surface area is 263 Å². The molecule has 2 aromatic heterocycles. The van der Waals surface area contributed by atoms with Crippen molar-refractivity contribution in [3.63, 3.8) is 0 Å². The molecule has 6 rings (SSSR count). The average molecular weight is 641 g/mol. The molecule has 0 unspecified atom stereocenters. The Morgan fingerprint density at radius 1 is 1.07 bits per heavy atom. The van der Waals surface area contributed by atoms with E-state index in [0.717, 1.165) is 23.1 Å². The van der Waals surface area contributed by atoms with Crippen molar-refractivity contribution in [2.45, 2.75) is 23.0 Å². The number of nitro groups is 1. The van der Waals surface area contributed by atoms with Gasteiger partial charge >= 0.3 is 0 Å². The molecular formula is C31H21ClN6O4S2. The Morgan fingerprint density at radius 3 is 2.50 bits per heavy atom. The van der Waals surface area contributed by atoms with Crippen molar-refractivity contribution < 1.29 is 9.72 Å². The molecule has 1 N–H and O–H groups in total. The highest BCUT2D eigenvalue weighted by atomic mass is 35.5. The molecule has 3 heterocycles. The number of benzene rings is 3. The highest BCUT2D eigenvalue weighted by Gasteiger charge is 2.32. The molecule has 13 heteroatoms. The lowest BCUT2D eigenvalue weighted by molar-refractivity contribution is -0.387. The number of hydrogen-bond acceptors (Lipinski definition) is 9. The van der Waals surface area contributed by atoms with E-state index in [9.17, 15) is 19.7 Å². The van der Waals surface area contributed by atoms with Gasteiger partial charge in [-0.05, 0) is 72.3 Å². The van der Waals surface area contributed by atoms with E-state index in [2.05, 4.69) is 20.3 Å². The molecule has 1 aliphatic rings. The summed E-state index contributed by atoms with van der Waals surface area (Å²) in [6.07, 6.45) is 4.71. The van der Waals surface area contributed by atoms with Crippen molar-refractivity contribution in [3.05, 3.63) is 148 Å². The summed E-state index contributed by atoms with van der Waals surface area (Å²) in [6, 6.07) is 21.6. The number of nitrogens with zero attached hydrogens (tertiary/aromatic N) is 5. The number of para-hydroxylation sites is 1. The summed E-state index contributed by atoms with van der Waals surface area (Å²) in [7, 11) is 0. The van der Waals surface area contributed by atoms with Crippen LogP contribution in [0, 0.1) is 10.1 Å². The van der Waals surface area contributed by atoms with Crippen molar-refractivity contribution in [2.75, 3.05) is 5.32 Å². The number of fused-ring (bicyclic) bond motifs is 1. The third-order valence-electron chi connectivity index (χ3n) is 6.70. The molecule has 44 heavy (non-hydrogen) atoms. The first-order valence-electron chi connectivity index (χ1n) is 13.2. The monoisotopic (exact) mass is 640 g/mol. The number of halogens is 1. The summed E-state index contributed by atoms with van der Waals surface area (Å²) in [6.45, 7) is 1.73. The van der Waals surface area contributed by atoms with E-state index < -0.39 is 16.9 Å². The molecule has 3 aromatic carbocycles. The van der Waals surface area contributed by atoms with Crippen LogP contribution in [0.25, 0.3) is 6.08 Å². The van der Waals surface area contributed by atoms with Gasteiger partial charge in [0.1, 0.15) is 0 Å². The molecule has 0 radical (unpaired) electrons. The quantitative estimate of drug-likeness (QED) is 0.144. The van der Waals surface area contributed by atoms with Crippen LogP contribution in [0.1, 0.15) is 24.1 Å². The number of nitrogens with one attached hydrogen (secondary N) is 1. The highest BCUT2D eigenvalue weighted by Crippen LogP contribution is 2.34. The first-order valence-corrected chi connectivity index (χ1v) is 15.2. The minimum absolute atomic E-state index is 0.140. The molecule has 1 amide bonds. The van der Waals surface area contributed by atoms with Crippen LogP contribution >= 0.6 is 34.7 Å². The third kappa shape index (κ3) is 5.95. The van der Waals surface area contributed by atoms with Crippen LogP contribution in [0.15, 0.2) is 122 Å². The predicted octanol–water partition coefficient (Wildman–Crippen LogP) is 5.38. The zero-order valence-electron chi connectivity index (χ0n) is 22.9. The third-order valence-corrected chi connectivity index (χ3v) is 8.90. The molecule has 0 saturated heterocycles. The second-order valence-corrected chi connectivity index (χ2v) is 12.0. The lowest BCUT2D eigenvalue weighted by atomic mass is 9.95. The number of nitro benzene ring substituents is 1. The maximum atomic E-state index is 14.0. The number of anilines is 1. The Bertz CT molecular complexity index is 2110. The first-order chi connectivity index (χ1) is 21.3. The number of rotatable bonds is 7. The number of carbonyl (C=O) groups is 1. The lowest BCUT2D eigenvalue weighted by Crippen LogP contribution is -2.40. The lowest BCUT2D eigenvalue weighted by Gasteiger charge is -2.25. The average Bonchev–Trinajstić information content (AvgIpc) is 3.32. The molecule has 0 fully saturated rings. The second-order valence-electron chi connectivity index (χ2n) is 9.57. The van der Waals surface area contributed by atoms with Gasteiger partial charge in [-0.2, -0.15) is 0 Å². The number of amides is 1. The molecular weight excluding hydrogens is 620 g/mol. The van der Waals surface area contributed by atoms with Gasteiger partial charge in [0.2, 0.25) is 0 Å². The summed E-state index contributed by atoms with van der Waals surface area (Å²) in [5, 5.41) is 15.7. The zero-order chi connectivity index (χ0) is 30.8. The number of carbonyl (C=O) groups excluding carboxylic acids is 1. The van der Waals surface area contributed by atoms with Gasteiger partial charge in [0.25, 0.3) is 17.2 Å². The summed E-state index contributed by atoms with van der Waals surface area (Å²) in [5.41, 5.74) is 1.99. The van der Waals surface area contributed by atoms with E-state index in [1.54, 1.807) is 80.0 Å². The fourth-order valence-corrected chi connectivity index (χ4v) is 6.70. The molecule has 218 valence electrons. The van der Waals surface area contributed by atoms with E-state index in [-0.39, 0.29) is 11.2 Å². The summed E-state index contributed by atoms with van der Waals surface area (Å²) in [4.78, 5) is 52.8. The molecule has 0 bridgehead atoms. The molecule has 0 saturated carbocycles. The number of allylic oxidation sites excluding steroid dienone is 1. The SMILES string of the molecule is CC1=C(C(=O)Nc2ccccc2)[C@@H](c2ccc(Cl)cc2)n2c(s/c(=C/c3ccc(Sc4ncccn4)c([N+](=O)[O-])c3)c2=O)=N1. The Kier molecular flexibility index (Phi) is 8.20. The first kappa shape index (κ1) is 29.2. The zero-order valence-corrected chi connectivity index (χ0v) is 25.3. The van der Waals surface area contributed by atoms with Crippen LogP contribution in [0.2, 0.25) is 5.02 Å². The smallest absolute Gasteiger partial charge is 0.283 e. The Balaban J connectivity index is 1.44. The second kappa shape index (κ2) is 12.4. The molecule has 0 spiro atoms.